The maximum absolute atomic E-state index is 13.7. The molecule has 9 heteroatoms. The molecule has 0 saturated carbocycles. The van der Waals surface area contributed by atoms with Crippen LogP contribution in [0.5, 0.6) is 0 Å². The Balaban J connectivity index is 1.47. The summed E-state index contributed by atoms with van der Waals surface area (Å²) in [4.78, 5) is 29.4. The summed E-state index contributed by atoms with van der Waals surface area (Å²) < 4.78 is 18.8. The monoisotopic (exact) mass is 392 g/mol. The highest BCUT2D eigenvalue weighted by atomic mass is 32.2. The lowest BCUT2D eigenvalue weighted by Gasteiger charge is -2.30. The molecule has 1 aliphatic heterocycles. The molecule has 1 saturated heterocycles. The number of thioether (sulfide) groups is 1. The number of hydrogen-bond donors (Lipinski definition) is 1. The highest BCUT2D eigenvalue weighted by Gasteiger charge is 2.25. The van der Waals surface area contributed by atoms with Crippen molar-refractivity contribution in [2.45, 2.75) is 25.5 Å². The summed E-state index contributed by atoms with van der Waals surface area (Å²) in [6.45, 7) is 2.79. The predicted octanol–water partition coefficient (Wildman–Crippen LogP) is 2.14. The van der Waals surface area contributed by atoms with Gasteiger partial charge in [0.1, 0.15) is 5.82 Å². The molecule has 1 aromatic heterocycles. The van der Waals surface area contributed by atoms with Crippen molar-refractivity contribution in [3.05, 3.63) is 35.5 Å². The third kappa shape index (κ3) is 4.85. The predicted molar refractivity (Wildman–Crippen MR) is 99.1 cm³/mol. The summed E-state index contributed by atoms with van der Waals surface area (Å²) in [5, 5.41) is 3.86. The quantitative estimate of drug-likeness (QED) is 0.808. The fourth-order valence-corrected chi connectivity index (χ4v) is 3.64. The second-order valence-electron chi connectivity index (χ2n) is 6.53. The zero-order valence-electron chi connectivity index (χ0n) is 15.0. The lowest BCUT2D eigenvalue weighted by molar-refractivity contribution is -0.132. The molecule has 27 heavy (non-hydrogen) atoms. The zero-order valence-corrected chi connectivity index (χ0v) is 15.8. The molecule has 0 atom stereocenters. The Hall–Kier alpha value is -2.42. The molecule has 0 spiro atoms. The number of carbonyl (C=O) groups excluding carboxylic acids is 2. The summed E-state index contributed by atoms with van der Waals surface area (Å²) in [5.41, 5.74) is 6.40. The molecular weight excluding hydrogens is 371 g/mol. The van der Waals surface area contributed by atoms with Gasteiger partial charge in [0, 0.05) is 24.6 Å². The van der Waals surface area contributed by atoms with Gasteiger partial charge in [0.25, 0.3) is 0 Å². The molecule has 3 rings (SSSR count). The van der Waals surface area contributed by atoms with E-state index in [2.05, 4.69) is 10.1 Å². The van der Waals surface area contributed by atoms with E-state index in [1.54, 1.807) is 24.0 Å². The molecule has 2 N–H and O–H groups in total. The van der Waals surface area contributed by atoms with Crippen LogP contribution in [0, 0.1) is 18.7 Å². The number of hydrogen-bond acceptors (Lipinski definition) is 6. The summed E-state index contributed by atoms with van der Waals surface area (Å²) >= 11 is 1.38. The second-order valence-corrected chi connectivity index (χ2v) is 7.51. The number of nitrogens with zero attached hydrogens (tertiary/aromatic N) is 3. The van der Waals surface area contributed by atoms with E-state index in [4.69, 9.17) is 10.3 Å². The van der Waals surface area contributed by atoms with E-state index >= 15 is 0 Å². The van der Waals surface area contributed by atoms with Gasteiger partial charge in [-0.25, -0.2) is 4.39 Å². The van der Waals surface area contributed by atoms with E-state index in [0.717, 1.165) is 0 Å². The number of halogens is 1. The number of carbonyl (C=O) groups is 2. The van der Waals surface area contributed by atoms with Gasteiger partial charge in [-0.3, -0.25) is 9.59 Å². The summed E-state index contributed by atoms with van der Waals surface area (Å²) in [6.07, 6.45) is 1.23. The van der Waals surface area contributed by atoms with Crippen LogP contribution < -0.4 is 5.73 Å². The Morgan fingerprint density at radius 3 is 2.78 bits per heavy atom. The molecule has 0 radical (unpaired) electrons. The maximum Gasteiger partial charge on any atom is 0.236 e. The number of piperidine rings is 1. The minimum absolute atomic E-state index is 0.0169. The van der Waals surface area contributed by atoms with Gasteiger partial charge in [-0.05, 0) is 31.4 Å². The Labute approximate surface area is 160 Å². The van der Waals surface area contributed by atoms with E-state index in [1.807, 2.05) is 0 Å². The fourth-order valence-electron chi connectivity index (χ4n) is 2.89. The number of benzene rings is 1. The smallest absolute Gasteiger partial charge is 0.236 e. The van der Waals surface area contributed by atoms with Crippen molar-refractivity contribution >= 4 is 23.6 Å². The summed E-state index contributed by atoms with van der Waals surface area (Å²) in [7, 11) is 0. The largest absolute Gasteiger partial charge is 0.369 e. The van der Waals surface area contributed by atoms with Crippen molar-refractivity contribution in [2.24, 2.45) is 11.7 Å². The summed E-state index contributed by atoms with van der Waals surface area (Å²) in [5.74, 6) is 0.660. The van der Waals surface area contributed by atoms with E-state index in [0.29, 0.717) is 54.5 Å². The van der Waals surface area contributed by atoms with Gasteiger partial charge in [0.15, 0.2) is 0 Å². The molecule has 7 nitrogen and oxygen atoms in total. The molecule has 144 valence electrons. The van der Waals surface area contributed by atoms with Crippen LogP contribution >= 0.6 is 11.8 Å². The van der Waals surface area contributed by atoms with Crippen molar-refractivity contribution < 1.29 is 18.5 Å². The molecular formula is C18H21FN4O3S. The van der Waals surface area contributed by atoms with E-state index in [1.165, 1.54) is 17.8 Å². The average Bonchev–Trinajstić information content (AvgIpc) is 3.13. The number of aromatic nitrogens is 2. The van der Waals surface area contributed by atoms with Crippen molar-refractivity contribution in [1.82, 2.24) is 15.0 Å². The third-order valence-corrected chi connectivity index (χ3v) is 5.50. The van der Waals surface area contributed by atoms with Crippen molar-refractivity contribution in [3.63, 3.8) is 0 Å². The van der Waals surface area contributed by atoms with Crippen LogP contribution in [0.3, 0.4) is 0 Å². The van der Waals surface area contributed by atoms with Gasteiger partial charge in [0.2, 0.25) is 23.5 Å². The van der Waals surface area contributed by atoms with Crippen LogP contribution in [0.15, 0.2) is 22.7 Å². The Bertz CT molecular complexity index is 834. The Morgan fingerprint density at radius 2 is 2.11 bits per heavy atom. The highest BCUT2D eigenvalue weighted by molar-refractivity contribution is 7.99. The molecule has 0 unspecified atom stereocenters. The van der Waals surface area contributed by atoms with Gasteiger partial charge < -0.3 is 15.2 Å². The lowest BCUT2D eigenvalue weighted by atomic mass is 9.96. The Kier molecular flexibility index (Phi) is 6.10. The molecule has 2 heterocycles. The molecule has 1 aromatic carbocycles. The number of aryl methyl sites for hydroxylation is 1. The minimum atomic E-state index is -0.320. The number of likely N-dealkylation sites (tertiary alicyclic amines) is 1. The first-order valence-electron chi connectivity index (χ1n) is 8.68. The molecule has 1 aliphatic rings. The highest BCUT2D eigenvalue weighted by Crippen LogP contribution is 2.21. The number of nitrogens with two attached hydrogens (primary N) is 1. The van der Waals surface area contributed by atoms with E-state index in [-0.39, 0.29) is 29.3 Å². The summed E-state index contributed by atoms with van der Waals surface area (Å²) in [6, 6.07) is 4.77. The molecule has 0 bridgehead atoms. The molecule has 2 amide bonds. The number of primary amides is 1. The molecule has 0 aliphatic carbocycles. The first-order chi connectivity index (χ1) is 12.9. The SMILES string of the molecule is Cc1ccc(-c2noc(CSCC(=O)N3CCC(C(N)=O)CC3)n2)cc1F. The molecule has 2 aromatic rings. The topological polar surface area (TPSA) is 102 Å². The van der Waals surface area contributed by atoms with E-state index < -0.39 is 0 Å². The van der Waals surface area contributed by atoms with Crippen LogP contribution in [0.2, 0.25) is 0 Å². The second kappa shape index (κ2) is 8.51. The van der Waals surface area contributed by atoms with Gasteiger partial charge in [-0.15, -0.1) is 11.8 Å². The third-order valence-electron chi connectivity index (χ3n) is 4.60. The first-order valence-corrected chi connectivity index (χ1v) is 9.83. The van der Waals surface area contributed by atoms with Crippen LogP contribution in [0.4, 0.5) is 4.39 Å². The number of amides is 2. The van der Waals surface area contributed by atoms with Crippen LogP contribution in [0.25, 0.3) is 11.4 Å². The van der Waals surface area contributed by atoms with Gasteiger partial charge in [-0.2, -0.15) is 4.98 Å². The maximum atomic E-state index is 13.7. The van der Waals surface area contributed by atoms with Crippen molar-refractivity contribution in [3.8, 4) is 11.4 Å². The average molecular weight is 392 g/mol. The normalized spacial score (nSPS) is 15.1. The lowest BCUT2D eigenvalue weighted by Crippen LogP contribution is -2.42. The van der Waals surface area contributed by atoms with Crippen LogP contribution in [-0.4, -0.2) is 45.7 Å². The van der Waals surface area contributed by atoms with Crippen LogP contribution in [0.1, 0.15) is 24.3 Å². The fraction of sp³-hybridized carbons (Fsp3) is 0.444. The Morgan fingerprint density at radius 1 is 1.37 bits per heavy atom. The zero-order chi connectivity index (χ0) is 19.4. The van der Waals surface area contributed by atoms with Crippen LogP contribution in [-0.2, 0) is 15.3 Å². The number of rotatable bonds is 6. The standard InChI is InChI=1S/C18H21FN4O3S/c1-11-2-3-13(8-14(11)19)18-21-15(26-22-18)9-27-10-16(24)23-6-4-12(5-7-23)17(20)25/h2-3,8,12H,4-7,9-10H2,1H3,(H2,20,25). The van der Waals surface area contributed by atoms with Gasteiger partial charge in [-0.1, -0.05) is 17.3 Å². The molecule has 1 fully saturated rings. The van der Waals surface area contributed by atoms with E-state index in [9.17, 15) is 14.0 Å². The van der Waals surface area contributed by atoms with Crippen molar-refractivity contribution in [1.29, 1.82) is 0 Å². The first kappa shape index (κ1) is 19.3. The van der Waals surface area contributed by atoms with Gasteiger partial charge in [0.05, 0.1) is 11.5 Å². The van der Waals surface area contributed by atoms with Crippen molar-refractivity contribution in [2.75, 3.05) is 18.8 Å². The minimum Gasteiger partial charge on any atom is -0.369 e. The van der Waals surface area contributed by atoms with Gasteiger partial charge >= 0.3 is 0 Å².